The van der Waals surface area contributed by atoms with Crippen LogP contribution in [0, 0.1) is 0 Å². The van der Waals surface area contributed by atoms with E-state index >= 15 is 0 Å². The monoisotopic (exact) mass is 282 g/mol. The molecule has 1 aromatic rings. The molecule has 1 aliphatic rings. The lowest BCUT2D eigenvalue weighted by Crippen LogP contribution is -2.53. The maximum Gasteiger partial charge on any atom is 0.319 e. The number of halogens is 1. The van der Waals surface area contributed by atoms with Crippen LogP contribution >= 0.6 is 11.6 Å². The first-order chi connectivity index (χ1) is 9.15. The van der Waals surface area contributed by atoms with Crippen LogP contribution in [0.1, 0.15) is 32.1 Å². The fraction of sp³-hybridized carbons (Fsp3) is 0.500. The van der Waals surface area contributed by atoms with E-state index in [1.807, 2.05) is 12.1 Å². The molecular weight excluding hydrogens is 264 g/mol. The third-order valence-corrected chi connectivity index (χ3v) is 3.94. The number of carbonyl (C=O) groups excluding carboxylic acids is 1. The highest BCUT2D eigenvalue weighted by Crippen LogP contribution is 2.28. The lowest BCUT2D eigenvalue weighted by molar-refractivity contribution is 0.128. The van der Waals surface area contributed by atoms with Crippen LogP contribution in [0.4, 0.5) is 10.5 Å². The number of anilines is 1. The summed E-state index contributed by atoms with van der Waals surface area (Å²) in [5.74, 6) is 0. The largest absolute Gasteiger partial charge is 0.394 e. The number of carbonyl (C=O) groups is 1. The molecule has 0 spiro atoms. The number of benzene rings is 1. The van der Waals surface area contributed by atoms with E-state index in [-0.39, 0.29) is 12.6 Å². The molecule has 5 heteroatoms. The van der Waals surface area contributed by atoms with Crippen LogP contribution < -0.4 is 10.6 Å². The minimum Gasteiger partial charge on any atom is -0.394 e. The van der Waals surface area contributed by atoms with Crippen LogP contribution in [0.15, 0.2) is 24.3 Å². The van der Waals surface area contributed by atoms with E-state index in [1.54, 1.807) is 12.1 Å². The first-order valence-electron chi connectivity index (χ1n) is 6.60. The van der Waals surface area contributed by atoms with Crippen molar-refractivity contribution < 1.29 is 9.90 Å². The number of amides is 2. The summed E-state index contributed by atoms with van der Waals surface area (Å²) < 4.78 is 0. The first-order valence-corrected chi connectivity index (χ1v) is 6.98. The van der Waals surface area contributed by atoms with Gasteiger partial charge in [0.15, 0.2) is 0 Å². The van der Waals surface area contributed by atoms with Crippen molar-refractivity contribution in [1.82, 2.24) is 5.32 Å². The highest BCUT2D eigenvalue weighted by atomic mass is 35.5. The maximum atomic E-state index is 12.0. The van der Waals surface area contributed by atoms with Crippen LogP contribution in [-0.4, -0.2) is 23.3 Å². The Hall–Kier alpha value is -1.26. The van der Waals surface area contributed by atoms with Crippen molar-refractivity contribution >= 4 is 23.3 Å². The Morgan fingerprint density at radius 2 is 1.95 bits per heavy atom. The van der Waals surface area contributed by atoms with Gasteiger partial charge < -0.3 is 15.7 Å². The van der Waals surface area contributed by atoms with Crippen LogP contribution in [0.2, 0.25) is 5.02 Å². The smallest absolute Gasteiger partial charge is 0.319 e. The van der Waals surface area contributed by atoms with Gasteiger partial charge in [-0.3, -0.25) is 0 Å². The summed E-state index contributed by atoms with van der Waals surface area (Å²) in [6.07, 6.45) is 4.87. The fourth-order valence-corrected chi connectivity index (χ4v) is 2.69. The minimum absolute atomic E-state index is 0.0249. The Balaban J connectivity index is 1.98. The van der Waals surface area contributed by atoms with Crippen molar-refractivity contribution in [2.75, 3.05) is 11.9 Å². The highest BCUT2D eigenvalue weighted by molar-refractivity contribution is 6.33. The van der Waals surface area contributed by atoms with Crippen molar-refractivity contribution in [3.8, 4) is 0 Å². The zero-order valence-electron chi connectivity index (χ0n) is 10.8. The number of urea groups is 1. The average molecular weight is 283 g/mol. The molecule has 4 nitrogen and oxygen atoms in total. The maximum absolute atomic E-state index is 12.0. The summed E-state index contributed by atoms with van der Waals surface area (Å²) in [7, 11) is 0. The Kier molecular flexibility index (Phi) is 4.66. The molecule has 0 radical (unpaired) electrons. The summed E-state index contributed by atoms with van der Waals surface area (Å²) in [4.78, 5) is 12.0. The van der Waals surface area contributed by atoms with Gasteiger partial charge in [0.25, 0.3) is 0 Å². The van der Waals surface area contributed by atoms with E-state index in [4.69, 9.17) is 11.6 Å². The summed E-state index contributed by atoms with van der Waals surface area (Å²) in [5, 5.41) is 15.7. The Bertz CT molecular complexity index is 445. The molecule has 0 heterocycles. The Labute approximate surface area is 118 Å². The first kappa shape index (κ1) is 14.2. The molecule has 104 valence electrons. The van der Waals surface area contributed by atoms with Gasteiger partial charge in [0.1, 0.15) is 0 Å². The second kappa shape index (κ2) is 6.26. The molecule has 1 saturated carbocycles. The SMILES string of the molecule is O=C(Nc1ccccc1Cl)NC1(CO)CCCCC1. The van der Waals surface area contributed by atoms with E-state index < -0.39 is 5.54 Å². The predicted octanol–water partition coefficient (Wildman–Crippen LogP) is 3.16. The number of hydrogen-bond donors (Lipinski definition) is 3. The lowest BCUT2D eigenvalue weighted by Gasteiger charge is -2.36. The topological polar surface area (TPSA) is 61.4 Å². The van der Waals surface area contributed by atoms with Crippen LogP contribution in [-0.2, 0) is 0 Å². The van der Waals surface area contributed by atoms with Gasteiger partial charge in [-0.15, -0.1) is 0 Å². The summed E-state index contributed by atoms with van der Waals surface area (Å²) in [5.41, 5.74) is 0.0920. The molecule has 19 heavy (non-hydrogen) atoms. The third-order valence-electron chi connectivity index (χ3n) is 3.61. The summed E-state index contributed by atoms with van der Waals surface area (Å²) in [6.45, 7) is -0.0249. The van der Waals surface area contributed by atoms with Crippen LogP contribution in [0.3, 0.4) is 0 Å². The van der Waals surface area contributed by atoms with E-state index in [0.717, 1.165) is 32.1 Å². The average Bonchev–Trinajstić information content (AvgIpc) is 2.42. The van der Waals surface area contributed by atoms with Gasteiger partial charge in [-0.05, 0) is 25.0 Å². The Morgan fingerprint density at radius 3 is 2.58 bits per heavy atom. The van der Waals surface area contributed by atoms with Gasteiger partial charge in [0.2, 0.25) is 0 Å². The standard InChI is InChI=1S/C14H19ClN2O2/c15-11-6-2-3-7-12(11)16-13(19)17-14(10-18)8-4-1-5-9-14/h2-3,6-7,18H,1,4-5,8-10H2,(H2,16,17,19). The minimum atomic E-state index is -0.483. The zero-order valence-corrected chi connectivity index (χ0v) is 11.5. The molecule has 3 N–H and O–H groups in total. The summed E-state index contributed by atoms with van der Waals surface area (Å²) >= 11 is 5.99. The fourth-order valence-electron chi connectivity index (χ4n) is 2.51. The van der Waals surface area contributed by atoms with Gasteiger partial charge in [-0.1, -0.05) is 43.0 Å². The molecule has 0 atom stereocenters. The van der Waals surface area contributed by atoms with Crippen molar-refractivity contribution in [3.05, 3.63) is 29.3 Å². The van der Waals surface area contributed by atoms with Crippen LogP contribution in [0.25, 0.3) is 0 Å². The van der Waals surface area contributed by atoms with Crippen molar-refractivity contribution in [2.24, 2.45) is 0 Å². The number of para-hydroxylation sites is 1. The molecule has 1 aliphatic carbocycles. The molecule has 0 aromatic heterocycles. The molecule has 0 aliphatic heterocycles. The molecule has 1 aromatic carbocycles. The van der Waals surface area contributed by atoms with Crippen molar-refractivity contribution in [3.63, 3.8) is 0 Å². The highest BCUT2D eigenvalue weighted by Gasteiger charge is 2.32. The second-order valence-corrected chi connectivity index (χ2v) is 5.47. The number of hydrogen-bond acceptors (Lipinski definition) is 2. The number of aliphatic hydroxyl groups excluding tert-OH is 1. The van der Waals surface area contributed by atoms with Gasteiger partial charge in [0, 0.05) is 0 Å². The van der Waals surface area contributed by atoms with E-state index in [2.05, 4.69) is 10.6 Å². The van der Waals surface area contributed by atoms with Gasteiger partial charge >= 0.3 is 6.03 Å². The third kappa shape index (κ3) is 3.61. The summed E-state index contributed by atoms with van der Waals surface area (Å²) in [6, 6.07) is 6.77. The zero-order chi connectivity index (χ0) is 13.7. The van der Waals surface area contributed by atoms with E-state index in [1.165, 1.54) is 0 Å². The van der Waals surface area contributed by atoms with Crippen LogP contribution in [0.5, 0.6) is 0 Å². The molecule has 2 rings (SSSR count). The van der Waals surface area contributed by atoms with Crippen molar-refractivity contribution in [2.45, 2.75) is 37.6 Å². The molecule has 0 unspecified atom stereocenters. The van der Waals surface area contributed by atoms with Gasteiger partial charge in [-0.25, -0.2) is 4.79 Å². The number of nitrogens with one attached hydrogen (secondary N) is 2. The molecular formula is C14H19ClN2O2. The van der Waals surface area contributed by atoms with E-state index in [0.29, 0.717) is 10.7 Å². The van der Waals surface area contributed by atoms with Gasteiger partial charge in [-0.2, -0.15) is 0 Å². The molecule has 1 fully saturated rings. The normalized spacial score (nSPS) is 17.8. The molecule has 0 saturated heterocycles. The second-order valence-electron chi connectivity index (χ2n) is 5.06. The number of aliphatic hydroxyl groups is 1. The predicted molar refractivity (Wildman–Crippen MR) is 76.5 cm³/mol. The number of rotatable bonds is 3. The van der Waals surface area contributed by atoms with Gasteiger partial charge in [0.05, 0.1) is 22.9 Å². The quantitative estimate of drug-likeness (QED) is 0.797. The lowest BCUT2D eigenvalue weighted by atomic mass is 9.82. The van der Waals surface area contributed by atoms with Crippen molar-refractivity contribution in [1.29, 1.82) is 0 Å². The Morgan fingerprint density at radius 1 is 1.26 bits per heavy atom. The molecule has 0 bridgehead atoms. The molecule has 2 amide bonds. The van der Waals surface area contributed by atoms with E-state index in [9.17, 15) is 9.90 Å².